The maximum absolute atomic E-state index is 13.9. The molecule has 1 saturated heterocycles. The van der Waals surface area contributed by atoms with Crippen molar-refractivity contribution < 1.29 is 13.3 Å². The molecule has 168 valence electrons. The maximum Gasteiger partial charge on any atom is 0.194 e. The third-order valence-corrected chi connectivity index (χ3v) is 6.52. The molecule has 1 aliphatic rings. The monoisotopic (exact) mass is 446 g/mol. The maximum atomic E-state index is 13.9. The van der Waals surface area contributed by atoms with E-state index >= 15 is 0 Å². The first kappa shape index (κ1) is 23.2. The Balaban J connectivity index is 1.51. The second kappa shape index (κ2) is 11.8. The Morgan fingerprint density at radius 1 is 1.16 bits per heavy atom. The van der Waals surface area contributed by atoms with Crippen molar-refractivity contribution in [3.05, 3.63) is 59.9 Å². The number of rotatable bonds is 8. The van der Waals surface area contributed by atoms with Crippen LogP contribution in [0.3, 0.4) is 0 Å². The van der Waals surface area contributed by atoms with E-state index in [1.165, 1.54) is 7.11 Å². The third kappa shape index (κ3) is 6.77. The summed E-state index contributed by atoms with van der Waals surface area (Å²) in [5.74, 6) is 1.31. The van der Waals surface area contributed by atoms with Gasteiger partial charge in [-0.3, -0.25) is 14.1 Å². The Labute approximate surface area is 186 Å². The molecule has 1 fully saturated rings. The van der Waals surface area contributed by atoms with Gasteiger partial charge in [-0.25, -0.2) is 4.39 Å². The molecule has 1 heterocycles. The van der Waals surface area contributed by atoms with Crippen molar-refractivity contribution in [3.63, 3.8) is 0 Å². The third-order valence-electron chi connectivity index (χ3n) is 5.17. The number of guanidine groups is 1. The average Bonchev–Trinajstić information content (AvgIpc) is 2.80. The van der Waals surface area contributed by atoms with Crippen LogP contribution in [0.25, 0.3) is 0 Å². The second-order valence-corrected chi connectivity index (χ2v) is 8.90. The molecule has 6 nitrogen and oxygen atoms in total. The summed E-state index contributed by atoms with van der Waals surface area (Å²) in [5, 5.41) is 3.35. The van der Waals surface area contributed by atoms with Gasteiger partial charge in [-0.05, 0) is 36.8 Å². The van der Waals surface area contributed by atoms with E-state index in [4.69, 9.17) is 9.73 Å². The van der Waals surface area contributed by atoms with Gasteiger partial charge in [0.25, 0.3) is 0 Å². The molecular formula is C23H31FN4O2S. The predicted molar refractivity (Wildman–Crippen MR) is 123 cm³/mol. The van der Waals surface area contributed by atoms with Crippen LogP contribution >= 0.6 is 0 Å². The van der Waals surface area contributed by atoms with E-state index in [-0.39, 0.29) is 11.6 Å². The van der Waals surface area contributed by atoms with Crippen LogP contribution in [0.2, 0.25) is 0 Å². The van der Waals surface area contributed by atoms with Gasteiger partial charge in [0.1, 0.15) is 0 Å². The first-order valence-electron chi connectivity index (χ1n) is 10.6. The highest BCUT2D eigenvalue weighted by Gasteiger charge is 2.20. The molecule has 0 aliphatic carbocycles. The van der Waals surface area contributed by atoms with Crippen LogP contribution in [0.15, 0.2) is 58.4 Å². The van der Waals surface area contributed by atoms with Crippen LogP contribution in [0.5, 0.6) is 5.75 Å². The SMILES string of the molecule is CCNC(=NCCS(=O)c1ccccc1)N1CCN(Cc2ccc(OC)c(F)c2)CC1. The van der Waals surface area contributed by atoms with Crippen LogP contribution < -0.4 is 10.1 Å². The molecule has 0 spiro atoms. The molecule has 0 amide bonds. The Morgan fingerprint density at radius 2 is 1.90 bits per heavy atom. The molecule has 3 rings (SSSR count). The Morgan fingerprint density at radius 3 is 2.55 bits per heavy atom. The van der Waals surface area contributed by atoms with Gasteiger partial charge < -0.3 is 15.0 Å². The molecule has 1 aliphatic heterocycles. The molecule has 0 radical (unpaired) electrons. The summed E-state index contributed by atoms with van der Waals surface area (Å²) in [5.41, 5.74) is 0.940. The van der Waals surface area contributed by atoms with Gasteiger partial charge in [0.15, 0.2) is 17.5 Å². The Hall–Kier alpha value is -2.45. The van der Waals surface area contributed by atoms with Crippen molar-refractivity contribution >= 4 is 16.8 Å². The quantitative estimate of drug-likeness (QED) is 0.499. The lowest BCUT2D eigenvalue weighted by molar-refractivity contribution is 0.172. The highest BCUT2D eigenvalue weighted by molar-refractivity contribution is 7.85. The molecule has 1 N–H and O–H groups in total. The zero-order valence-corrected chi connectivity index (χ0v) is 19.0. The van der Waals surface area contributed by atoms with E-state index in [2.05, 4.69) is 15.1 Å². The summed E-state index contributed by atoms with van der Waals surface area (Å²) >= 11 is 0. The van der Waals surface area contributed by atoms with E-state index in [1.54, 1.807) is 12.1 Å². The molecule has 1 atom stereocenters. The predicted octanol–water partition coefficient (Wildman–Crippen LogP) is 2.73. The fourth-order valence-electron chi connectivity index (χ4n) is 3.53. The van der Waals surface area contributed by atoms with Gasteiger partial charge in [-0.15, -0.1) is 0 Å². The number of nitrogens with one attached hydrogen (secondary N) is 1. The van der Waals surface area contributed by atoms with Crippen LogP contribution in [0, 0.1) is 5.82 Å². The van der Waals surface area contributed by atoms with Crippen molar-refractivity contribution in [2.75, 3.05) is 52.1 Å². The largest absolute Gasteiger partial charge is 0.494 e. The second-order valence-electron chi connectivity index (χ2n) is 7.33. The molecule has 1 unspecified atom stereocenters. The molecule has 31 heavy (non-hydrogen) atoms. The van der Waals surface area contributed by atoms with Crippen molar-refractivity contribution in [2.24, 2.45) is 4.99 Å². The zero-order chi connectivity index (χ0) is 22.1. The van der Waals surface area contributed by atoms with Gasteiger partial charge in [-0.1, -0.05) is 24.3 Å². The number of halogens is 1. The summed E-state index contributed by atoms with van der Waals surface area (Å²) < 4.78 is 31.3. The van der Waals surface area contributed by atoms with Crippen LogP contribution in [0.4, 0.5) is 4.39 Å². The van der Waals surface area contributed by atoms with Crippen molar-refractivity contribution in [1.82, 2.24) is 15.1 Å². The topological polar surface area (TPSA) is 57.2 Å². The van der Waals surface area contributed by atoms with Crippen molar-refractivity contribution in [3.8, 4) is 5.75 Å². The Kier molecular flexibility index (Phi) is 8.85. The first-order chi connectivity index (χ1) is 15.1. The number of hydrogen-bond donors (Lipinski definition) is 1. The van der Waals surface area contributed by atoms with Crippen LogP contribution in [-0.4, -0.2) is 72.1 Å². The minimum Gasteiger partial charge on any atom is -0.494 e. The number of ether oxygens (including phenoxy) is 1. The summed E-state index contributed by atoms with van der Waals surface area (Å²) in [6, 6.07) is 14.6. The first-order valence-corrected chi connectivity index (χ1v) is 11.9. The van der Waals surface area contributed by atoms with E-state index in [0.717, 1.165) is 49.1 Å². The zero-order valence-electron chi connectivity index (χ0n) is 18.2. The van der Waals surface area contributed by atoms with Gasteiger partial charge in [-0.2, -0.15) is 0 Å². The van der Waals surface area contributed by atoms with E-state index in [1.807, 2.05) is 43.3 Å². The molecule has 2 aromatic rings. The van der Waals surface area contributed by atoms with Gasteiger partial charge >= 0.3 is 0 Å². The fourth-order valence-corrected chi connectivity index (χ4v) is 4.49. The summed E-state index contributed by atoms with van der Waals surface area (Å²) in [4.78, 5) is 10.1. The minimum atomic E-state index is -1.04. The molecule has 0 saturated carbocycles. The number of benzene rings is 2. The molecule has 0 bridgehead atoms. The number of piperazine rings is 1. The molecular weight excluding hydrogens is 415 g/mol. The van der Waals surface area contributed by atoms with E-state index in [0.29, 0.717) is 18.8 Å². The van der Waals surface area contributed by atoms with Crippen molar-refractivity contribution in [2.45, 2.75) is 18.4 Å². The lowest BCUT2D eigenvalue weighted by atomic mass is 10.2. The minimum absolute atomic E-state index is 0.272. The molecule has 0 aromatic heterocycles. The normalized spacial score (nSPS) is 16.2. The van der Waals surface area contributed by atoms with Gasteiger partial charge in [0.2, 0.25) is 0 Å². The number of aliphatic imine (C=N–C) groups is 1. The molecule has 2 aromatic carbocycles. The fraction of sp³-hybridized carbons (Fsp3) is 0.435. The summed E-state index contributed by atoms with van der Waals surface area (Å²) in [6.07, 6.45) is 0. The van der Waals surface area contributed by atoms with Gasteiger partial charge in [0, 0.05) is 49.9 Å². The lowest BCUT2D eigenvalue weighted by Gasteiger charge is -2.36. The number of hydrogen-bond acceptors (Lipinski definition) is 4. The highest BCUT2D eigenvalue weighted by Crippen LogP contribution is 2.19. The van der Waals surface area contributed by atoms with Crippen LogP contribution in [0.1, 0.15) is 12.5 Å². The molecule has 8 heteroatoms. The standard InChI is InChI=1S/C23H31FN4O2S/c1-3-25-23(26-11-16-31(29)20-7-5-4-6-8-20)28-14-12-27(13-15-28)18-19-9-10-22(30-2)21(24)17-19/h4-10,17H,3,11-16,18H2,1-2H3,(H,25,26). The van der Waals surface area contributed by atoms with E-state index < -0.39 is 10.8 Å². The van der Waals surface area contributed by atoms with Gasteiger partial charge in [0.05, 0.1) is 24.5 Å². The van der Waals surface area contributed by atoms with Crippen LogP contribution in [-0.2, 0) is 17.3 Å². The number of nitrogens with zero attached hydrogens (tertiary/aromatic N) is 3. The van der Waals surface area contributed by atoms with Crippen molar-refractivity contribution in [1.29, 1.82) is 0 Å². The Bertz CT molecular complexity index is 886. The smallest absolute Gasteiger partial charge is 0.194 e. The average molecular weight is 447 g/mol. The number of methoxy groups -OCH3 is 1. The summed E-state index contributed by atoms with van der Waals surface area (Å²) in [7, 11) is 0.430. The van der Waals surface area contributed by atoms with E-state index in [9.17, 15) is 8.60 Å². The summed E-state index contributed by atoms with van der Waals surface area (Å²) in [6.45, 7) is 7.46. The lowest BCUT2D eigenvalue weighted by Crippen LogP contribution is -2.52. The highest BCUT2D eigenvalue weighted by atomic mass is 32.2.